The van der Waals surface area contributed by atoms with Crippen LogP contribution < -0.4 is 21.3 Å². The van der Waals surface area contributed by atoms with E-state index in [1.165, 1.54) is 12.1 Å². The predicted molar refractivity (Wildman–Crippen MR) is 273 cm³/mol. The minimum Gasteiger partial charge on any atom is -0.444 e. The van der Waals surface area contributed by atoms with E-state index in [-0.39, 0.29) is 54.2 Å². The van der Waals surface area contributed by atoms with Crippen molar-refractivity contribution >= 4 is 41.9 Å². The van der Waals surface area contributed by atoms with Gasteiger partial charge in [-0.3, -0.25) is 19.5 Å². The van der Waals surface area contributed by atoms with Crippen molar-refractivity contribution in [1.82, 2.24) is 40.9 Å². The van der Waals surface area contributed by atoms with E-state index in [1.807, 2.05) is 69.2 Å². The molecule has 406 valence electrons. The number of piperidine rings is 1. The van der Waals surface area contributed by atoms with Gasteiger partial charge in [0.15, 0.2) is 5.82 Å². The Morgan fingerprint density at radius 2 is 1.43 bits per heavy atom. The molecular weight excluding hydrogens is 979 g/mol. The largest absolute Gasteiger partial charge is 0.444 e. The van der Waals surface area contributed by atoms with Gasteiger partial charge in [-0.15, -0.1) is 0 Å². The first-order chi connectivity index (χ1) is 35.1. The molecule has 1 aliphatic heterocycles. The molecule has 3 aromatic carbocycles. The molecular formula is C54H69F4N9O8. The van der Waals surface area contributed by atoms with Gasteiger partial charge in [0.05, 0.1) is 0 Å². The summed E-state index contributed by atoms with van der Waals surface area (Å²) in [4.78, 5) is 83.1. The third kappa shape index (κ3) is 14.8. The van der Waals surface area contributed by atoms with Crippen LogP contribution in [0.15, 0.2) is 66.7 Å². The van der Waals surface area contributed by atoms with E-state index in [2.05, 4.69) is 31.3 Å². The number of nitrogens with zero attached hydrogens (tertiary/aromatic N) is 4. The van der Waals surface area contributed by atoms with Crippen LogP contribution in [0.5, 0.6) is 0 Å². The first-order valence-corrected chi connectivity index (χ1v) is 25.1. The quantitative estimate of drug-likeness (QED) is 0.0500. The van der Waals surface area contributed by atoms with Gasteiger partial charge in [0, 0.05) is 75.5 Å². The Kier molecular flexibility index (Phi) is 17.7. The number of H-pyrrole nitrogens is 1. The summed E-state index contributed by atoms with van der Waals surface area (Å²) in [5.41, 5.74) is 1.72. The van der Waals surface area contributed by atoms with Crippen LogP contribution in [-0.2, 0) is 36.2 Å². The van der Waals surface area contributed by atoms with E-state index in [0.717, 1.165) is 36.3 Å². The van der Waals surface area contributed by atoms with Gasteiger partial charge >= 0.3 is 24.0 Å². The van der Waals surface area contributed by atoms with Gasteiger partial charge in [-0.25, -0.2) is 14.6 Å². The number of anilines is 1. The van der Waals surface area contributed by atoms with Crippen molar-refractivity contribution in [1.29, 1.82) is 0 Å². The van der Waals surface area contributed by atoms with Crippen molar-refractivity contribution < 1.29 is 55.8 Å². The summed E-state index contributed by atoms with van der Waals surface area (Å²) in [5, 5.41) is 17.7. The van der Waals surface area contributed by atoms with Gasteiger partial charge in [0.25, 0.3) is 11.8 Å². The summed E-state index contributed by atoms with van der Waals surface area (Å²) >= 11 is 0. The summed E-state index contributed by atoms with van der Waals surface area (Å²) in [5.74, 6) is -14.8. The first-order valence-electron chi connectivity index (χ1n) is 25.1. The van der Waals surface area contributed by atoms with Gasteiger partial charge < -0.3 is 45.3 Å². The summed E-state index contributed by atoms with van der Waals surface area (Å²) in [6.45, 7) is 14.0. The number of halogens is 4. The van der Waals surface area contributed by atoms with E-state index < -0.39 is 52.3 Å². The van der Waals surface area contributed by atoms with E-state index >= 15 is 0 Å². The van der Waals surface area contributed by atoms with Crippen LogP contribution in [0.1, 0.15) is 107 Å². The number of aryl methyl sites for hydroxylation is 1. The lowest BCUT2D eigenvalue weighted by Crippen LogP contribution is -2.57. The maximum absolute atomic E-state index is 14.9. The number of benzene rings is 3. The Hall–Kier alpha value is -7.06. The predicted octanol–water partition coefficient (Wildman–Crippen LogP) is 8.43. The van der Waals surface area contributed by atoms with Crippen LogP contribution in [0.25, 0.3) is 22.5 Å². The number of aromatic nitrogens is 3. The lowest BCUT2D eigenvalue weighted by Gasteiger charge is -2.34. The molecule has 0 spiro atoms. The summed E-state index contributed by atoms with van der Waals surface area (Å²) in [6.07, 6.45) is 3.47. The van der Waals surface area contributed by atoms with E-state index in [9.17, 15) is 46.3 Å². The molecule has 17 nitrogen and oxygen atoms in total. The maximum Gasteiger partial charge on any atom is 0.410 e. The normalized spacial score (nSPS) is 17.5. The number of rotatable bonds is 17. The lowest BCUT2D eigenvalue weighted by atomic mass is 9.80. The fourth-order valence-electron chi connectivity index (χ4n) is 8.97. The van der Waals surface area contributed by atoms with Crippen molar-refractivity contribution in [2.24, 2.45) is 11.8 Å². The Balaban J connectivity index is 1.14. The zero-order chi connectivity index (χ0) is 55.1. The topological polar surface area (TPSA) is 217 Å². The number of carbonyl (C=O) groups excluding carboxylic acids is 6. The molecule has 0 radical (unpaired) electrons. The molecule has 1 saturated heterocycles. The summed E-state index contributed by atoms with van der Waals surface area (Å²) in [7, 11) is 1.86. The monoisotopic (exact) mass is 1050 g/mol. The third-order valence-corrected chi connectivity index (χ3v) is 13.1. The highest BCUT2D eigenvalue weighted by Crippen LogP contribution is 2.43. The lowest BCUT2D eigenvalue weighted by molar-refractivity contribution is -0.224. The van der Waals surface area contributed by atoms with E-state index in [1.54, 1.807) is 43.9 Å². The highest BCUT2D eigenvalue weighted by molar-refractivity contribution is 5.95. The Morgan fingerprint density at radius 1 is 0.813 bits per heavy atom. The number of alkyl carbamates (subject to hydrolysis) is 1. The Labute approximate surface area is 434 Å². The molecule has 1 saturated carbocycles. The zero-order valence-electron chi connectivity index (χ0n) is 44.0. The standard InChI is InChI=1S/C54H69F4N9O8/c1-33-28-39(44(69)61-41-24-26-67(27-25-41)49(73)75-51(5,6)7)20-23-42(33)36-14-10-34(11-15-36)29-52(32-68,63-45(70)38-16-12-35(13-17-38)30-59-48(72)74-50(2,3)4)31-60-40-21-18-37(19-22-40)43-62-46(65-64-43)53(55,56)54(57,58)47(71)66(8)9/h10-11,14-15,18-23,28,32,35,38,41,60H,12-13,16-17,24-27,29-31H2,1-9H3,(H,59,72)(H,61,69)(H,63,70)(H,62,64,65). The first kappa shape index (κ1) is 57.2. The fourth-order valence-corrected chi connectivity index (χ4v) is 8.97. The van der Waals surface area contributed by atoms with Crippen molar-refractivity contribution in [2.45, 2.75) is 128 Å². The minimum atomic E-state index is -5.11. The van der Waals surface area contributed by atoms with Crippen molar-refractivity contribution in [3.05, 3.63) is 89.2 Å². The SMILES string of the molecule is Cc1cc(C(=O)NC2CCN(C(=O)OC(C)(C)C)CC2)ccc1-c1ccc(CC(C=O)(CNc2ccc(-c3n[nH]c(C(F)(F)C(F)(F)C(=O)N(C)C)n3)cc2)NC(=O)C2CCC(CNC(=O)OC(C)(C)C)CC2)cc1. The molecule has 5 N–H and O–H groups in total. The van der Waals surface area contributed by atoms with Gasteiger partial charge in [-0.2, -0.15) is 22.7 Å². The molecule has 5 amide bonds. The average Bonchev–Trinajstić information content (AvgIpc) is 3.86. The fraction of sp³-hybridized carbons (Fsp3) is 0.519. The number of ether oxygens (including phenoxy) is 2. The van der Waals surface area contributed by atoms with Crippen LogP contribution in [0.3, 0.4) is 0 Å². The molecule has 1 aromatic heterocycles. The van der Waals surface area contributed by atoms with Gasteiger partial charge in [-0.1, -0.05) is 30.3 Å². The number of alkyl halides is 4. The third-order valence-electron chi connectivity index (χ3n) is 13.1. The second-order valence-corrected chi connectivity index (χ2v) is 21.8. The second kappa shape index (κ2) is 23.2. The smallest absolute Gasteiger partial charge is 0.410 e. The number of aromatic amines is 1. The molecule has 1 aliphatic carbocycles. The van der Waals surface area contributed by atoms with Crippen LogP contribution in [0, 0.1) is 18.8 Å². The summed E-state index contributed by atoms with van der Waals surface area (Å²) in [6, 6.07) is 18.9. The number of carbonyl (C=O) groups is 6. The molecule has 2 heterocycles. The van der Waals surface area contributed by atoms with E-state index in [0.29, 0.717) is 80.6 Å². The molecule has 6 rings (SSSR count). The van der Waals surface area contributed by atoms with Crippen LogP contribution in [0.4, 0.5) is 32.8 Å². The van der Waals surface area contributed by atoms with Crippen molar-refractivity contribution in [3.63, 3.8) is 0 Å². The van der Waals surface area contributed by atoms with Crippen LogP contribution in [-0.4, -0.2) is 130 Å². The zero-order valence-corrected chi connectivity index (χ0v) is 44.0. The number of aldehydes is 1. The molecule has 75 heavy (non-hydrogen) atoms. The van der Waals surface area contributed by atoms with Crippen molar-refractivity contribution in [2.75, 3.05) is 45.6 Å². The molecule has 1 atom stereocenters. The highest BCUT2D eigenvalue weighted by atomic mass is 19.3. The van der Waals surface area contributed by atoms with Gasteiger partial charge in [-0.05, 0) is 152 Å². The van der Waals surface area contributed by atoms with Crippen LogP contribution >= 0.6 is 0 Å². The Morgan fingerprint density at radius 3 is 2.00 bits per heavy atom. The molecule has 1 unspecified atom stereocenters. The highest BCUT2D eigenvalue weighted by Gasteiger charge is 2.65. The molecule has 4 aromatic rings. The number of amides is 5. The molecule has 2 fully saturated rings. The Bertz CT molecular complexity index is 2670. The summed E-state index contributed by atoms with van der Waals surface area (Å²) < 4.78 is 69.7. The average molecular weight is 1050 g/mol. The molecule has 0 bridgehead atoms. The molecule has 2 aliphatic rings. The van der Waals surface area contributed by atoms with Gasteiger partial charge in [0.2, 0.25) is 11.7 Å². The van der Waals surface area contributed by atoms with Gasteiger partial charge in [0.1, 0.15) is 23.0 Å². The second-order valence-electron chi connectivity index (χ2n) is 21.8. The number of hydrogen-bond donors (Lipinski definition) is 5. The van der Waals surface area contributed by atoms with Crippen LogP contribution in [0.2, 0.25) is 0 Å². The molecule has 21 heteroatoms. The number of nitrogens with one attached hydrogen (secondary N) is 5. The number of hydrogen-bond acceptors (Lipinski definition) is 11. The van der Waals surface area contributed by atoms with E-state index in [4.69, 9.17) is 9.47 Å². The van der Waals surface area contributed by atoms with Crippen molar-refractivity contribution in [3.8, 4) is 22.5 Å². The number of likely N-dealkylation sites (tertiary alicyclic amines) is 1. The minimum absolute atomic E-state index is 0.0761. The maximum atomic E-state index is 14.9.